The van der Waals surface area contributed by atoms with E-state index >= 15 is 0 Å². The van der Waals surface area contributed by atoms with Crippen molar-refractivity contribution in [2.24, 2.45) is 5.41 Å². The smallest absolute Gasteiger partial charge is 0.385 e. The van der Waals surface area contributed by atoms with E-state index in [1.54, 1.807) is 7.11 Å². The van der Waals surface area contributed by atoms with E-state index in [-0.39, 0.29) is 11.2 Å². The molecule has 19 heavy (non-hydrogen) atoms. The van der Waals surface area contributed by atoms with Crippen LogP contribution in [0, 0.1) is 5.41 Å². The van der Waals surface area contributed by atoms with Gasteiger partial charge in [0.1, 0.15) is 5.82 Å². The zero-order valence-electron chi connectivity index (χ0n) is 11.3. The molecule has 1 aromatic heterocycles. The predicted molar refractivity (Wildman–Crippen MR) is 68.0 cm³/mol. The second kappa shape index (κ2) is 6.23. The van der Waals surface area contributed by atoms with Gasteiger partial charge in [0.2, 0.25) is 0 Å². The Morgan fingerprint density at radius 2 is 2.00 bits per heavy atom. The van der Waals surface area contributed by atoms with Crippen molar-refractivity contribution >= 4 is 5.82 Å². The Labute approximate surface area is 111 Å². The van der Waals surface area contributed by atoms with E-state index in [0.717, 1.165) is 12.5 Å². The SMILES string of the molecule is COCCC(C)(C)CNc1ncccc1C(F)(F)F. The van der Waals surface area contributed by atoms with Crippen molar-refractivity contribution in [3.63, 3.8) is 0 Å². The van der Waals surface area contributed by atoms with E-state index in [2.05, 4.69) is 10.3 Å². The highest BCUT2D eigenvalue weighted by atomic mass is 19.4. The molecule has 0 unspecified atom stereocenters. The highest BCUT2D eigenvalue weighted by Crippen LogP contribution is 2.34. The van der Waals surface area contributed by atoms with Crippen molar-refractivity contribution in [3.05, 3.63) is 23.9 Å². The number of halogens is 3. The van der Waals surface area contributed by atoms with E-state index in [4.69, 9.17) is 4.74 Å². The Morgan fingerprint density at radius 3 is 2.58 bits per heavy atom. The molecule has 0 aliphatic carbocycles. The number of hydrogen-bond donors (Lipinski definition) is 1. The van der Waals surface area contributed by atoms with Gasteiger partial charge in [-0.15, -0.1) is 0 Å². The molecule has 6 heteroatoms. The first-order valence-electron chi connectivity index (χ1n) is 6.01. The monoisotopic (exact) mass is 276 g/mol. The Kier molecular flexibility index (Phi) is 5.17. The van der Waals surface area contributed by atoms with Crippen LogP contribution in [-0.4, -0.2) is 25.2 Å². The number of methoxy groups -OCH3 is 1. The molecule has 0 fully saturated rings. The minimum absolute atomic E-state index is 0.125. The van der Waals surface area contributed by atoms with Crippen LogP contribution in [0.3, 0.4) is 0 Å². The molecule has 0 spiro atoms. The van der Waals surface area contributed by atoms with Crippen molar-refractivity contribution in [3.8, 4) is 0 Å². The first-order chi connectivity index (χ1) is 8.76. The van der Waals surface area contributed by atoms with Gasteiger partial charge in [-0.25, -0.2) is 4.98 Å². The molecule has 0 aliphatic rings. The van der Waals surface area contributed by atoms with Crippen LogP contribution in [0.4, 0.5) is 19.0 Å². The first-order valence-corrected chi connectivity index (χ1v) is 6.01. The molecule has 1 aromatic rings. The zero-order valence-corrected chi connectivity index (χ0v) is 11.3. The van der Waals surface area contributed by atoms with Gasteiger partial charge in [-0.1, -0.05) is 13.8 Å². The van der Waals surface area contributed by atoms with E-state index in [1.165, 1.54) is 12.3 Å². The maximum atomic E-state index is 12.8. The standard InChI is InChI=1S/C13H19F3N2O/c1-12(2,6-8-19-3)9-18-11-10(13(14,15)16)5-4-7-17-11/h4-5,7H,6,8-9H2,1-3H3,(H,17,18). The maximum absolute atomic E-state index is 12.8. The third-order valence-electron chi connectivity index (χ3n) is 2.83. The molecule has 0 saturated carbocycles. The second-order valence-electron chi connectivity index (χ2n) is 5.16. The fourth-order valence-electron chi connectivity index (χ4n) is 1.56. The highest BCUT2D eigenvalue weighted by molar-refractivity contribution is 5.45. The Morgan fingerprint density at radius 1 is 1.32 bits per heavy atom. The second-order valence-corrected chi connectivity index (χ2v) is 5.16. The third kappa shape index (κ3) is 5.06. The molecule has 108 valence electrons. The predicted octanol–water partition coefficient (Wildman–Crippen LogP) is 3.58. The molecule has 1 rings (SSSR count). The molecule has 1 heterocycles. The summed E-state index contributed by atoms with van der Waals surface area (Å²) in [5.74, 6) is -0.125. The normalized spacial score (nSPS) is 12.5. The minimum atomic E-state index is -4.40. The summed E-state index contributed by atoms with van der Waals surface area (Å²) < 4.78 is 43.3. The lowest BCUT2D eigenvalue weighted by molar-refractivity contribution is -0.137. The number of hydrogen-bond acceptors (Lipinski definition) is 3. The number of pyridine rings is 1. The molecule has 0 amide bonds. The average molecular weight is 276 g/mol. The zero-order chi connectivity index (χ0) is 14.5. The molecular formula is C13H19F3N2O. The highest BCUT2D eigenvalue weighted by Gasteiger charge is 2.34. The molecule has 0 aromatic carbocycles. The maximum Gasteiger partial charge on any atom is 0.419 e. The van der Waals surface area contributed by atoms with E-state index in [0.29, 0.717) is 13.2 Å². The van der Waals surface area contributed by atoms with Gasteiger partial charge in [0.05, 0.1) is 5.56 Å². The number of anilines is 1. The van der Waals surface area contributed by atoms with Crippen LogP contribution in [0.1, 0.15) is 25.8 Å². The molecule has 0 radical (unpaired) electrons. The van der Waals surface area contributed by atoms with Crippen LogP contribution in [0.15, 0.2) is 18.3 Å². The van der Waals surface area contributed by atoms with Crippen molar-refractivity contribution in [2.45, 2.75) is 26.4 Å². The summed E-state index contributed by atoms with van der Waals surface area (Å²) in [7, 11) is 1.60. The summed E-state index contributed by atoms with van der Waals surface area (Å²) in [6.45, 7) is 4.91. The summed E-state index contributed by atoms with van der Waals surface area (Å²) in [6, 6.07) is 2.31. The van der Waals surface area contributed by atoms with Crippen molar-refractivity contribution in [2.75, 3.05) is 25.6 Å². The summed E-state index contributed by atoms with van der Waals surface area (Å²) in [5.41, 5.74) is -0.909. The van der Waals surface area contributed by atoms with Crippen LogP contribution in [0.2, 0.25) is 0 Å². The summed E-state index contributed by atoms with van der Waals surface area (Å²) in [4.78, 5) is 3.77. The molecular weight excluding hydrogens is 257 g/mol. The topological polar surface area (TPSA) is 34.1 Å². The Bertz CT molecular complexity index is 405. The fraction of sp³-hybridized carbons (Fsp3) is 0.615. The van der Waals surface area contributed by atoms with Crippen molar-refractivity contribution in [1.82, 2.24) is 4.98 Å². The van der Waals surface area contributed by atoms with Crippen LogP contribution in [-0.2, 0) is 10.9 Å². The molecule has 0 saturated heterocycles. The van der Waals surface area contributed by atoms with Gasteiger partial charge >= 0.3 is 6.18 Å². The lowest BCUT2D eigenvalue weighted by atomic mass is 9.89. The van der Waals surface area contributed by atoms with Gasteiger partial charge in [-0.05, 0) is 24.0 Å². The lowest BCUT2D eigenvalue weighted by Gasteiger charge is -2.25. The number of ether oxygens (including phenoxy) is 1. The molecule has 3 nitrogen and oxygen atoms in total. The van der Waals surface area contributed by atoms with E-state index < -0.39 is 11.7 Å². The number of nitrogens with zero attached hydrogens (tertiary/aromatic N) is 1. The summed E-state index contributed by atoms with van der Waals surface area (Å²) in [5, 5.41) is 2.78. The van der Waals surface area contributed by atoms with E-state index in [9.17, 15) is 13.2 Å². The Balaban J connectivity index is 2.73. The average Bonchev–Trinajstić information content (AvgIpc) is 2.33. The number of aromatic nitrogens is 1. The van der Waals surface area contributed by atoms with Gasteiger partial charge in [-0.2, -0.15) is 13.2 Å². The molecule has 1 N–H and O–H groups in total. The van der Waals surface area contributed by atoms with Crippen LogP contribution in [0.25, 0.3) is 0 Å². The van der Waals surface area contributed by atoms with E-state index in [1.807, 2.05) is 13.8 Å². The third-order valence-corrected chi connectivity index (χ3v) is 2.83. The minimum Gasteiger partial charge on any atom is -0.385 e. The van der Waals surface area contributed by atoms with Crippen LogP contribution < -0.4 is 5.32 Å². The Hall–Kier alpha value is -1.30. The fourth-order valence-corrected chi connectivity index (χ4v) is 1.56. The summed E-state index contributed by atoms with van der Waals surface area (Å²) >= 11 is 0. The van der Waals surface area contributed by atoms with Gasteiger partial charge < -0.3 is 10.1 Å². The summed E-state index contributed by atoms with van der Waals surface area (Å²) in [6.07, 6.45) is -2.29. The van der Waals surface area contributed by atoms with Gasteiger partial charge in [0.15, 0.2) is 0 Å². The quantitative estimate of drug-likeness (QED) is 0.862. The molecule has 0 aliphatic heterocycles. The lowest BCUT2D eigenvalue weighted by Crippen LogP contribution is -2.26. The molecule has 0 atom stereocenters. The van der Waals surface area contributed by atoms with Gasteiger partial charge in [0, 0.05) is 26.5 Å². The molecule has 0 bridgehead atoms. The first kappa shape index (κ1) is 15.8. The van der Waals surface area contributed by atoms with Crippen molar-refractivity contribution in [1.29, 1.82) is 0 Å². The van der Waals surface area contributed by atoms with Crippen molar-refractivity contribution < 1.29 is 17.9 Å². The number of alkyl halides is 3. The largest absolute Gasteiger partial charge is 0.419 e. The van der Waals surface area contributed by atoms with Gasteiger partial charge in [0.25, 0.3) is 0 Å². The number of rotatable bonds is 6. The number of nitrogens with one attached hydrogen (secondary N) is 1. The van der Waals surface area contributed by atoms with Crippen LogP contribution >= 0.6 is 0 Å². The van der Waals surface area contributed by atoms with Crippen LogP contribution in [0.5, 0.6) is 0 Å². The van der Waals surface area contributed by atoms with Gasteiger partial charge in [-0.3, -0.25) is 0 Å².